The van der Waals surface area contributed by atoms with E-state index in [0.29, 0.717) is 17.4 Å². The minimum atomic E-state index is -0.528. The Morgan fingerprint density at radius 1 is 1.40 bits per heavy atom. The first-order valence-corrected chi connectivity index (χ1v) is 6.30. The van der Waals surface area contributed by atoms with Crippen molar-refractivity contribution in [1.29, 1.82) is 0 Å². The van der Waals surface area contributed by atoms with Gasteiger partial charge in [0.25, 0.3) is 0 Å². The van der Waals surface area contributed by atoms with Crippen molar-refractivity contribution in [3.8, 4) is 11.6 Å². The second-order valence-electron chi connectivity index (χ2n) is 3.86. The van der Waals surface area contributed by atoms with Crippen LogP contribution in [0.2, 0.25) is 5.02 Å². The van der Waals surface area contributed by atoms with Gasteiger partial charge in [0, 0.05) is 29.8 Å². The van der Waals surface area contributed by atoms with Crippen LogP contribution in [-0.2, 0) is 0 Å². The first-order chi connectivity index (χ1) is 9.60. The van der Waals surface area contributed by atoms with Gasteiger partial charge in [0.05, 0.1) is 4.92 Å². The zero-order valence-electron chi connectivity index (χ0n) is 10.7. The van der Waals surface area contributed by atoms with Gasteiger partial charge in [0.2, 0.25) is 11.6 Å². The Hall–Kier alpha value is -2.34. The molecule has 104 valence electrons. The summed E-state index contributed by atoms with van der Waals surface area (Å²) in [6, 6.07) is 9.27. The number of aromatic nitrogens is 1. The Balaban J connectivity index is 2.31. The van der Waals surface area contributed by atoms with E-state index in [0.717, 1.165) is 0 Å². The molecule has 6 nitrogen and oxygen atoms in total. The van der Waals surface area contributed by atoms with Crippen LogP contribution in [0.25, 0.3) is 0 Å². The lowest BCUT2D eigenvalue weighted by Crippen LogP contribution is -2.00. The number of nitro groups is 1. The van der Waals surface area contributed by atoms with E-state index < -0.39 is 4.92 Å². The Bertz CT molecular complexity index is 634. The summed E-state index contributed by atoms with van der Waals surface area (Å²) >= 11 is 5.83. The maximum Gasteiger partial charge on any atom is 0.311 e. The topological polar surface area (TPSA) is 77.3 Å². The van der Waals surface area contributed by atoms with E-state index in [1.54, 1.807) is 18.2 Å². The number of hydrogen-bond acceptors (Lipinski definition) is 5. The number of benzene rings is 1. The van der Waals surface area contributed by atoms with E-state index in [1.807, 2.05) is 6.92 Å². The molecule has 0 fully saturated rings. The van der Waals surface area contributed by atoms with E-state index in [4.69, 9.17) is 16.3 Å². The first-order valence-electron chi connectivity index (χ1n) is 5.93. The van der Waals surface area contributed by atoms with Crippen LogP contribution < -0.4 is 10.1 Å². The summed E-state index contributed by atoms with van der Waals surface area (Å²) in [5, 5.41) is 14.3. The highest BCUT2D eigenvalue weighted by molar-refractivity contribution is 6.30. The number of hydrogen-bond donors (Lipinski definition) is 1. The second-order valence-corrected chi connectivity index (χ2v) is 4.30. The maximum absolute atomic E-state index is 10.9. The van der Waals surface area contributed by atoms with E-state index in [-0.39, 0.29) is 17.3 Å². The van der Waals surface area contributed by atoms with Crippen molar-refractivity contribution in [2.45, 2.75) is 6.92 Å². The fourth-order valence-electron chi connectivity index (χ4n) is 1.58. The third-order valence-corrected chi connectivity index (χ3v) is 2.65. The van der Waals surface area contributed by atoms with Crippen molar-refractivity contribution < 1.29 is 9.66 Å². The molecule has 0 spiro atoms. The van der Waals surface area contributed by atoms with Gasteiger partial charge in [-0.3, -0.25) is 10.1 Å². The third-order valence-electron chi connectivity index (χ3n) is 2.41. The third kappa shape index (κ3) is 3.36. The summed E-state index contributed by atoms with van der Waals surface area (Å²) in [7, 11) is 0. The Kier molecular flexibility index (Phi) is 4.37. The van der Waals surface area contributed by atoms with Gasteiger partial charge in [-0.1, -0.05) is 17.7 Å². The molecule has 1 N–H and O–H groups in total. The molecule has 7 heteroatoms. The Morgan fingerprint density at radius 3 is 2.90 bits per heavy atom. The number of pyridine rings is 1. The SMILES string of the molecule is CCNc1cccc(Oc2cc(Cl)ccc2[N+](=O)[O-])n1. The quantitative estimate of drug-likeness (QED) is 0.669. The van der Waals surface area contributed by atoms with Crippen LogP contribution in [-0.4, -0.2) is 16.5 Å². The maximum atomic E-state index is 10.9. The van der Waals surface area contributed by atoms with Crippen molar-refractivity contribution >= 4 is 23.1 Å². The molecule has 1 aromatic heterocycles. The number of anilines is 1. The Labute approximate surface area is 120 Å². The van der Waals surface area contributed by atoms with Crippen LogP contribution in [0, 0.1) is 10.1 Å². The summed E-state index contributed by atoms with van der Waals surface area (Å²) in [6.45, 7) is 2.66. The molecule has 0 saturated heterocycles. The molecule has 2 rings (SSSR count). The predicted molar refractivity (Wildman–Crippen MR) is 76.6 cm³/mol. The highest BCUT2D eigenvalue weighted by Crippen LogP contribution is 2.33. The minimum absolute atomic E-state index is 0.0589. The number of halogens is 1. The van der Waals surface area contributed by atoms with Crippen molar-refractivity contribution in [2.75, 3.05) is 11.9 Å². The molecule has 1 heterocycles. The lowest BCUT2D eigenvalue weighted by Gasteiger charge is -2.08. The van der Waals surface area contributed by atoms with Gasteiger partial charge in [-0.2, -0.15) is 4.98 Å². The highest BCUT2D eigenvalue weighted by Gasteiger charge is 2.16. The van der Waals surface area contributed by atoms with Crippen LogP contribution >= 0.6 is 11.6 Å². The molecular formula is C13H12ClN3O3. The molecule has 0 saturated carbocycles. The van der Waals surface area contributed by atoms with Crippen LogP contribution in [0.15, 0.2) is 36.4 Å². The number of nitro benzene ring substituents is 1. The lowest BCUT2D eigenvalue weighted by atomic mass is 10.3. The van der Waals surface area contributed by atoms with Gasteiger partial charge in [0.15, 0.2) is 0 Å². The van der Waals surface area contributed by atoms with Gasteiger partial charge < -0.3 is 10.1 Å². The molecule has 0 aliphatic carbocycles. The predicted octanol–water partition coefficient (Wildman–Crippen LogP) is 3.87. The normalized spacial score (nSPS) is 10.1. The number of nitrogens with one attached hydrogen (secondary N) is 1. The van der Waals surface area contributed by atoms with Crippen molar-refractivity contribution in [3.63, 3.8) is 0 Å². The van der Waals surface area contributed by atoms with Crippen LogP contribution in [0.1, 0.15) is 6.92 Å². The number of nitrogens with zero attached hydrogens (tertiary/aromatic N) is 2. The Morgan fingerprint density at radius 2 is 2.20 bits per heavy atom. The molecule has 0 amide bonds. The molecule has 2 aromatic rings. The standard InChI is InChI=1S/C13H12ClN3O3/c1-2-15-12-4-3-5-13(16-12)20-11-8-9(14)6-7-10(11)17(18)19/h3-8H,2H2,1H3,(H,15,16). The van der Waals surface area contributed by atoms with Crippen LogP contribution in [0.3, 0.4) is 0 Å². The van der Waals surface area contributed by atoms with Crippen molar-refractivity contribution in [2.24, 2.45) is 0 Å². The van der Waals surface area contributed by atoms with Gasteiger partial charge in [-0.05, 0) is 19.1 Å². The molecule has 1 aromatic carbocycles. The molecule has 0 atom stereocenters. The summed E-state index contributed by atoms with van der Waals surface area (Å²) in [4.78, 5) is 14.6. The number of ether oxygens (including phenoxy) is 1. The molecule has 0 unspecified atom stereocenters. The monoisotopic (exact) mass is 293 g/mol. The van der Waals surface area contributed by atoms with Crippen molar-refractivity contribution in [3.05, 3.63) is 51.5 Å². The van der Waals surface area contributed by atoms with E-state index in [1.165, 1.54) is 18.2 Å². The second kappa shape index (κ2) is 6.21. The fraction of sp³-hybridized carbons (Fsp3) is 0.154. The van der Waals surface area contributed by atoms with Gasteiger partial charge in [0.1, 0.15) is 5.82 Å². The fourth-order valence-corrected chi connectivity index (χ4v) is 1.75. The smallest absolute Gasteiger partial charge is 0.311 e. The minimum Gasteiger partial charge on any atom is -0.432 e. The molecule has 0 aliphatic rings. The molecular weight excluding hydrogens is 282 g/mol. The average Bonchev–Trinajstić information content (AvgIpc) is 2.39. The van der Waals surface area contributed by atoms with E-state index >= 15 is 0 Å². The molecule has 20 heavy (non-hydrogen) atoms. The average molecular weight is 294 g/mol. The molecule has 0 radical (unpaired) electrons. The van der Waals surface area contributed by atoms with Gasteiger partial charge in [-0.15, -0.1) is 0 Å². The molecule has 0 aliphatic heterocycles. The first kappa shape index (κ1) is 14.1. The van der Waals surface area contributed by atoms with Crippen LogP contribution in [0.4, 0.5) is 11.5 Å². The van der Waals surface area contributed by atoms with E-state index in [2.05, 4.69) is 10.3 Å². The number of rotatable bonds is 5. The van der Waals surface area contributed by atoms with Crippen LogP contribution in [0.5, 0.6) is 11.6 Å². The summed E-state index contributed by atoms with van der Waals surface area (Å²) in [6.07, 6.45) is 0. The highest BCUT2D eigenvalue weighted by atomic mass is 35.5. The summed E-state index contributed by atoms with van der Waals surface area (Å²) in [5.41, 5.74) is -0.162. The summed E-state index contributed by atoms with van der Waals surface area (Å²) < 4.78 is 5.46. The zero-order chi connectivity index (χ0) is 14.5. The van der Waals surface area contributed by atoms with Gasteiger partial charge in [-0.25, -0.2) is 0 Å². The summed E-state index contributed by atoms with van der Waals surface area (Å²) in [5.74, 6) is 0.951. The van der Waals surface area contributed by atoms with Gasteiger partial charge >= 0.3 is 5.69 Å². The van der Waals surface area contributed by atoms with E-state index in [9.17, 15) is 10.1 Å². The largest absolute Gasteiger partial charge is 0.432 e. The zero-order valence-corrected chi connectivity index (χ0v) is 11.4. The molecule has 0 bridgehead atoms. The lowest BCUT2D eigenvalue weighted by molar-refractivity contribution is -0.385. The van der Waals surface area contributed by atoms with Crippen molar-refractivity contribution in [1.82, 2.24) is 4.98 Å².